The van der Waals surface area contributed by atoms with E-state index in [4.69, 9.17) is 0 Å². The van der Waals surface area contributed by atoms with Crippen LogP contribution in [0, 0.1) is 12.7 Å². The second-order valence-corrected chi connectivity index (χ2v) is 7.81. The van der Waals surface area contributed by atoms with Gasteiger partial charge in [-0.25, -0.2) is 9.37 Å². The number of aryl methyl sites for hydroxylation is 1. The van der Waals surface area contributed by atoms with Gasteiger partial charge in [0.05, 0.1) is 18.2 Å². The molecule has 2 N–H and O–H groups in total. The van der Waals surface area contributed by atoms with Gasteiger partial charge in [0.15, 0.2) is 0 Å². The molecule has 156 valence electrons. The smallest absolute Gasteiger partial charge is 0.251 e. The van der Waals surface area contributed by atoms with Crippen molar-refractivity contribution >= 4 is 5.91 Å². The van der Waals surface area contributed by atoms with Gasteiger partial charge in [-0.05, 0) is 30.2 Å². The summed E-state index contributed by atoms with van der Waals surface area (Å²) in [5.74, 6) is 0.168. The number of H-pyrrole nitrogens is 1. The number of benzene rings is 2. The maximum absolute atomic E-state index is 13.4. The third-order valence-corrected chi connectivity index (χ3v) is 4.87. The van der Waals surface area contributed by atoms with E-state index in [-0.39, 0.29) is 29.6 Å². The molecule has 0 bridgehead atoms. The molecule has 30 heavy (non-hydrogen) atoms. The summed E-state index contributed by atoms with van der Waals surface area (Å²) in [7, 11) is 0. The number of amides is 1. The van der Waals surface area contributed by atoms with Gasteiger partial charge in [-0.1, -0.05) is 55.8 Å². The summed E-state index contributed by atoms with van der Waals surface area (Å²) >= 11 is 0. The lowest BCUT2D eigenvalue weighted by molar-refractivity contribution is -0.121. The number of nitrogens with zero attached hydrogens (tertiary/aromatic N) is 1. The van der Waals surface area contributed by atoms with Crippen molar-refractivity contribution in [1.29, 1.82) is 0 Å². The number of aromatic amines is 1. The highest BCUT2D eigenvalue weighted by Gasteiger charge is 2.18. The Morgan fingerprint density at radius 2 is 1.77 bits per heavy atom. The minimum atomic E-state index is -0.433. The number of aromatic nitrogens is 2. The van der Waals surface area contributed by atoms with E-state index in [1.165, 1.54) is 18.2 Å². The number of rotatable bonds is 7. The minimum absolute atomic E-state index is 0.0676. The third-order valence-electron chi connectivity index (χ3n) is 4.87. The molecule has 1 amide bonds. The van der Waals surface area contributed by atoms with Crippen LogP contribution in [0.2, 0.25) is 0 Å². The standard InChI is InChI=1S/C24H26FN3O2/c1-15(2)24-26-20(14-23(30)28-24)13-21(18-8-10-19(25)11-9-18)27-22(29)12-17-6-4-16(3)5-7-17/h4-11,14-15,21H,12-13H2,1-3H3,(H,27,29)(H,26,28,30). The molecule has 1 unspecified atom stereocenters. The van der Waals surface area contributed by atoms with Crippen LogP contribution in [-0.4, -0.2) is 15.9 Å². The van der Waals surface area contributed by atoms with Crippen LogP contribution in [0.15, 0.2) is 59.4 Å². The van der Waals surface area contributed by atoms with Crippen LogP contribution in [0.25, 0.3) is 0 Å². The van der Waals surface area contributed by atoms with Gasteiger partial charge in [-0.2, -0.15) is 0 Å². The number of nitrogens with one attached hydrogen (secondary N) is 2. The number of hydrogen-bond donors (Lipinski definition) is 2. The Morgan fingerprint density at radius 1 is 1.10 bits per heavy atom. The molecule has 0 saturated carbocycles. The predicted octanol–water partition coefficient (Wildman–Crippen LogP) is 3.98. The van der Waals surface area contributed by atoms with Crippen molar-refractivity contribution in [2.24, 2.45) is 0 Å². The summed E-state index contributed by atoms with van der Waals surface area (Å²) in [6.07, 6.45) is 0.562. The zero-order valence-corrected chi connectivity index (χ0v) is 17.4. The van der Waals surface area contributed by atoms with Crippen molar-refractivity contribution in [3.8, 4) is 0 Å². The molecule has 0 aliphatic rings. The minimum Gasteiger partial charge on any atom is -0.349 e. The molecule has 0 radical (unpaired) electrons. The van der Waals surface area contributed by atoms with Crippen LogP contribution < -0.4 is 10.9 Å². The maximum Gasteiger partial charge on any atom is 0.251 e. The van der Waals surface area contributed by atoms with Crippen molar-refractivity contribution in [3.63, 3.8) is 0 Å². The third kappa shape index (κ3) is 5.86. The van der Waals surface area contributed by atoms with E-state index in [2.05, 4.69) is 15.3 Å². The zero-order chi connectivity index (χ0) is 21.7. The summed E-state index contributed by atoms with van der Waals surface area (Å²) in [5, 5.41) is 3.02. The number of halogens is 1. The first-order chi connectivity index (χ1) is 14.3. The summed E-state index contributed by atoms with van der Waals surface area (Å²) in [4.78, 5) is 32.0. The van der Waals surface area contributed by atoms with Crippen LogP contribution in [0.3, 0.4) is 0 Å². The Balaban J connectivity index is 1.83. The topological polar surface area (TPSA) is 74.8 Å². The van der Waals surface area contributed by atoms with Crippen LogP contribution in [0.5, 0.6) is 0 Å². The molecule has 5 nitrogen and oxygen atoms in total. The Hall–Kier alpha value is -3.28. The molecule has 0 aliphatic heterocycles. The van der Waals surface area contributed by atoms with Crippen molar-refractivity contribution in [2.75, 3.05) is 0 Å². The zero-order valence-electron chi connectivity index (χ0n) is 17.4. The molecular weight excluding hydrogens is 381 g/mol. The van der Waals surface area contributed by atoms with E-state index in [1.807, 2.05) is 45.0 Å². The molecule has 1 atom stereocenters. The van der Waals surface area contributed by atoms with E-state index in [1.54, 1.807) is 12.1 Å². The average molecular weight is 407 g/mol. The summed E-state index contributed by atoms with van der Waals surface area (Å²) in [6, 6.07) is 14.8. The van der Waals surface area contributed by atoms with Gasteiger partial charge in [0.25, 0.3) is 5.56 Å². The monoisotopic (exact) mass is 407 g/mol. The highest BCUT2D eigenvalue weighted by molar-refractivity contribution is 5.79. The Labute approximate surface area is 175 Å². The first kappa shape index (κ1) is 21.4. The van der Waals surface area contributed by atoms with Gasteiger partial charge in [-0.3, -0.25) is 9.59 Å². The number of carbonyl (C=O) groups is 1. The fourth-order valence-corrected chi connectivity index (χ4v) is 3.20. The Kier molecular flexibility index (Phi) is 6.77. The van der Waals surface area contributed by atoms with Crippen LogP contribution >= 0.6 is 0 Å². The summed E-state index contributed by atoms with van der Waals surface area (Å²) in [5.41, 5.74) is 3.14. The van der Waals surface area contributed by atoms with Crippen LogP contribution in [0.4, 0.5) is 4.39 Å². The SMILES string of the molecule is Cc1ccc(CC(=O)NC(Cc2cc(=O)[nH]c(C(C)C)n2)c2ccc(F)cc2)cc1. The molecule has 3 aromatic rings. The lowest BCUT2D eigenvalue weighted by Gasteiger charge is -2.20. The number of carbonyl (C=O) groups excluding carboxylic acids is 1. The maximum atomic E-state index is 13.4. The van der Waals surface area contributed by atoms with Crippen molar-refractivity contribution in [3.05, 3.63) is 99.0 Å². The Morgan fingerprint density at radius 3 is 2.40 bits per heavy atom. The van der Waals surface area contributed by atoms with Gasteiger partial charge in [0.1, 0.15) is 11.6 Å². The second kappa shape index (κ2) is 9.48. The van der Waals surface area contributed by atoms with E-state index in [9.17, 15) is 14.0 Å². The molecule has 3 rings (SSSR count). The highest BCUT2D eigenvalue weighted by Crippen LogP contribution is 2.19. The van der Waals surface area contributed by atoms with Crippen molar-refractivity contribution in [2.45, 2.75) is 45.6 Å². The van der Waals surface area contributed by atoms with Gasteiger partial charge in [-0.15, -0.1) is 0 Å². The van der Waals surface area contributed by atoms with Crippen LogP contribution in [0.1, 0.15) is 54.0 Å². The molecule has 0 spiro atoms. The van der Waals surface area contributed by atoms with E-state index < -0.39 is 6.04 Å². The van der Waals surface area contributed by atoms with E-state index in [0.717, 1.165) is 16.7 Å². The predicted molar refractivity (Wildman–Crippen MR) is 115 cm³/mol. The van der Waals surface area contributed by atoms with Crippen molar-refractivity contribution < 1.29 is 9.18 Å². The van der Waals surface area contributed by atoms with E-state index in [0.29, 0.717) is 17.9 Å². The van der Waals surface area contributed by atoms with Crippen LogP contribution in [-0.2, 0) is 17.6 Å². The fraction of sp³-hybridized carbons (Fsp3) is 0.292. The molecular formula is C24H26FN3O2. The van der Waals surface area contributed by atoms with Gasteiger partial charge < -0.3 is 10.3 Å². The van der Waals surface area contributed by atoms with Crippen molar-refractivity contribution in [1.82, 2.24) is 15.3 Å². The first-order valence-electron chi connectivity index (χ1n) is 10.0. The van der Waals surface area contributed by atoms with Gasteiger partial charge in [0.2, 0.25) is 5.91 Å². The fourth-order valence-electron chi connectivity index (χ4n) is 3.20. The van der Waals surface area contributed by atoms with E-state index >= 15 is 0 Å². The summed E-state index contributed by atoms with van der Waals surface area (Å²) < 4.78 is 13.4. The summed E-state index contributed by atoms with van der Waals surface area (Å²) in [6.45, 7) is 5.89. The largest absolute Gasteiger partial charge is 0.349 e. The molecule has 2 aromatic carbocycles. The Bertz CT molecular complexity index is 1060. The normalized spacial score (nSPS) is 12.0. The highest BCUT2D eigenvalue weighted by atomic mass is 19.1. The van der Waals surface area contributed by atoms with Gasteiger partial charge in [0, 0.05) is 18.4 Å². The molecule has 0 aliphatic carbocycles. The van der Waals surface area contributed by atoms with Gasteiger partial charge >= 0.3 is 0 Å². The second-order valence-electron chi connectivity index (χ2n) is 7.81. The molecule has 6 heteroatoms. The quantitative estimate of drug-likeness (QED) is 0.622. The molecule has 0 fully saturated rings. The average Bonchev–Trinajstić information content (AvgIpc) is 2.69. The lowest BCUT2D eigenvalue weighted by Crippen LogP contribution is -2.32. The number of hydrogen-bond acceptors (Lipinski definition) is 3. The molecule has 1 aromatic heterocycles. The lowest BCUT2D eigenvalue weighted by atomic mass is 10.0. The first-order valence-corrected chi connectivity index (χ1v) is 10.0. The molecule has 1 heterocycles. The molecule has 0 saturated heterocycles.